The monoisotopic (exact) mass is 418 g/mol. The van der Waals surface area contributed by atoms with Crippen LogP contribution < -0.4 is 12.4 Å². The first-order chi connectivity index (χ1) is 6.12. The standard InChI is InChI=1S/C12H21O.ClH.Hg/c1-11(2)7-4-5-8-12(3)9-6-10-13-12;;/h7-8H,4-6,9-10H2,1-3H3;1H;/q;;+1/p-1/t12-;;/m1../s1. The summed E-state index contributed by atoms with van der Waals surface area (Å²) in [5.41, 5.74) is 1.49. The quantitative estimate of drug-likeness (QED) is 0.368. The van der Waals surface area contributed by atoms with Crippen LogP contribution in [0.3, 0.4) is 0 Å². The Bertz CT molecular complexity index is 182. The summed E-state index contributed by atoms with van der Waals surface area (Å²) in [4.78, 5) is 0. The SMILES string of the molecule is CC(C)=CCC[CH][C@]1(C)CCCO1.[Cl-].[Hg+]. The number of halogens is 1. The topological polar surface area (TPSA) is 9.23 Å². The third-order valence-electron chi connectivity index (χ3n) is 2.54. The number of hydrogen-bond donors (Lipinski definition) is 0. The maximum atomic E-state index is 5.67. The summed E-state index contributed by atoms with van der Waals surface area (Å²) in [6.45, 7) is 7.43. The minimum absolute atomic E-state index is 0. The van der Waals surface area contributed by atoms with E-state index >= 15 is 0 Å². The van der Waals surface area contributed by atoms with Crippen LogP contribution in [0.15, 0.2) is 11.6 Å². The van der Waals surface area contributed by atoms with Crippen molar-refractivity contribution < 1.29 is 44.8 Å². The van der Waals surface area contributed by atoms with Gasteiger partial charge < -0.3 is 17.1 Å². The third-order valence-corrected chi connectivity index (χ3v) is 2.54. The normalized spacial score (nSPS) is 23.9. The Labute approximate surface area is 121 Å². The van der Waals surface area contributed by atoms with E-state index in [1.54, 1.807) is 0 Å². The molecule has 0 aromatic rings. The van der Waals surface area contributed by atoms with Crippen LogP contribution in [-0.4, -0.2) is 12.2 Å². The Morgan fingerprint density at radius 3 is 2.47 bits per heavy atom. The predicted molar refractivity (Wildman–Crippen MR) is 56.6 cm³/mol. The van der Waals surface area contributed by atoms with Crippen LogP contribution in [0.5, 0.6) is 0 Å². The van der Waals surface area contributed by atoms with E-state index in [0.717, 1.165) is 19.4 Å². The van der Waals surface area contributed by atoms with Crippen LogP contribution in [0, 0.1) is 6.42 Å². The molecule has 1 nitrogen and oxygen atoms in total. The Balaban J connectivity index is 0. The van der Waals surface area contributed by atoms with E-state index in [-0.39, 0.29) is 45.7 Å². The van der Waals surface area contributed by atoms with E-state index in [0.29, 0.717) is 0 Å². The molecule has 0 spiro atoms. The second-order valence-corrected chi connectivity index (χ2v) is 4.33. The number of ether oxygens (including phenoxy) is 1. The van der Waals surface area contributed by atoms with Gasteiger partial charge in [0.25, 0.3) is 0 Å². The van der Waals surface area contributed by atoms with Crippen LogP contribution in [0.4, 0.5) is 0 Å². The van der Waals surface area contributed by atoms with Crippen molar-refractivity contribution in [2.24, 2.45) is 0 Å². The Kier molecular flexibility index (Phi) is 11.0. The minimum atomic E-state index is 0. The maximum Gasteiger partial charge on any atom is 1.00 e. The Morgan fingerprint density at radius 2 is 2.00 bits per heavy atom. The Morgan fingerprint density at radius 1 is 1.33 bits per heavy atom. The van der Waals surface area contributed by atoms with Gasteiger partial charge in [-0.15, -0.1) is 0 Å². The molecule has 0 unspecified atom stereocenters. The fraction of sp³-hybridized carbons (Fsp3) is 0.750. The molecule has 1 rings (SSSR count). The summed E-state index contributed by atoms with van der Waals surface area (Å²) in [5, 5.41) is 0. The molecule has 0 N–H and O–H groups in total. The molecule has 15 heavy (non-hydrogen) atoms. The molecule has 2 radical (unpaired) electrons. The molecular weight excluding hydrogens is 396 g/mol. The fourth-order valence-electron chi connectivity index (χ4n) is 1.72. The van der Waals surface area contributed by atoms with Crippen molar-refractivity contribution in [2.45, 2.75) is 52.1 Å². The summed E-state index contributed by atoms with van der Waals surface area (Å²) in [5.74, 6) is 0. The fourth-order valence-corrected chi connectivity index (χ4v) is 1.72. The smallest absolute Gasteiger partial charge is 1.00 e. The summed E-state index contributed by atoms with van der Waals surface area (Å²) < 4.78 is 5.67. The molecule has 1 heterocycles. The van der Waals surface area contributed by atoms with Gasteiger partial charge in [0.05, 0.1) is 5.60 Å². The average Bonchev–Trinajstić information content (AvgIpc) is 2.47. The summed E-state index contributed by atoms with van der Waals surface area (Å²) in [6.07, 6.45) is 9.33. The second kappa shape index (κ2) is 9.01. The van der Waals surface area contributed by atoms with E-state index < -0.39 is 0 Å². The van der Waals surface area contributed by atoms with Crippen LogP contribution in [0.1, 0.15) is 46.5 Å². The first-order valence-corrected chi connectivity index (χ1v) is 5.24. The number of unbranched alkanes of at least 4 members (excludes halogenated alkanes) is 1. The van der Waals surface area contributed by atoms with Gasteiger partial charge in [-0.3, -0.25) is 0 Å². The van der Waals surface area contributed by atoms with E-state index in [1.807, 2.05) is 0 Å². The van der Waals surface area contributed by atoms with Crippen molar-refractivity contribution in [2.75, 3.05) is 6.61 Å². The van der Waals surface area contributed by atoms with Gasteiger partial charge in [0.2, 0.25) is 0 Å². The largest absolute Gasteiger partial charge is 1.00 e. The molecule has 0 bridgehead atoms. The third kappa shape index (κ3) is 7.76. The molecule has 0 aromatic heterocycles. The number of rotatable bonds is 4. The summed E-state index contributed by atoms with van der Waals surface area (Å²) >= 11 is 0. The molecular formula is C12H21ClHgO. The van der Waals surface area contributed by atoms with Gasteiger partial charge in [0.15, 0.2) is 0 Å². The van der Waals surface area contributed by atoms with Crippen LogP contribution >= 0.6 is 0 Å². The maximum absolute atomic E-state index is 5.67. The van der Waals surface area contributed by atoms with Gasteiger partial charge >= 0.3 is 27.7 Å². The molecule has 1 saturated heterocycles. The van der Waals surface area contributed by atoms with Gasteiger partial charge in [-0.2, -0.15) is 0 Å². The van der Waals surface area contributed by atoms with Gasteiger partial charge in [-0.1, -0.05) is 11.6 Å². The van der Waals surface area contributed by atoms with E-state index in [9.17, 15) is 0 Å². The summed E-state index contributed by atoms with van der Waals surface area (Å²) in [6, 6.07) is 0. The molecule has 1 fully saturated rings. The molecule has 1 atom stereocenters. The van der Waals surface area contributed by atoms with Crippen molar-refractivity contribution in [3.05, 3.63) is 18.1 Å². The molecule has 1 aliphatic rings. The van der Waals surface area contributed by atoms with E-state index in [2.05, 4.69) is 33.3 Å². The van der Waals surface area contributed by atoms with Gasteiger partial charge in [0.1, 0.15) is 0 Å². The molecule has 0 aliphatic carbocycles. The van der Waals surface area contributed by atoms with E-state index in [4.69, 9.17) is 4.74 Å². The number of hydrogen-bond acceptors (Lipinski definition) is 1. The van der Waals surface area contributed by atoms with Crippen LogP contribution in [0.25, 0.3) is 0 Å². The summed E-state index contributed by atoms with van der Waals surface area (Å²) in [7, 11) is 0. The van der Waals surface area contributed by atoms with Crippen molar-refractivity contribution in [3.8, 4) is 0 Å². The molecule has 1 aliphatic heterocycles. The van der Waals surface area contributed by atoms with Gasteiger partial charge in [-0.05, 0) is 52.9 Å². The zero-order chi connectivity index (χ0) is 9.73. The van der Waals surface area contributed by atoms with E-state index in [1.165, 1.54) is 18.4 Å². The zero-order valence-corrected chi connectivity index (χ0v) is 16.4. The van der Waals surface area contributed by atoms with Crippen molar-refractivity contribution in [1.82, 2.24) is 0 Å². The molecule has 3 heteroatoms. The molecule has 0 aromatic carbocycles. The Hall–Kier alpha value is 0.925. The van der Waals surface area contributed by atoms with Crippen molar-refractivity contribution >= 4 is 0 Å². The average molecular weight is 417 g/mol. The van der Waals surface area contributed by atoms with Crippen molar-refractivity contribution in [1.29, 1.82) is 0 Å². The second-order valence-electron chi connectivity index (χ2n) is 4.33. The first kappa shape index (κ1) is 18.3. The van der Waals surface area contributed by atoms with Crippen LogP contribution in [-0.2, 0) is 32.4 Å². The minimum Gasteiger partial charge on any atom is -1.00 e. The van der Waals surface area contributed by atoms with Crippen LogP contribution in [0.2, 0.25) is 0 Å². The number of allylic oxidation sites excluding steroid dienone is 2. The van der Waals surface area contributed by atoms with Crippen molar-refractivity contribution in [3.63, 3.8) is 0 Å². The molecule has 0 amide bonds. The zero-order valence-electron chi connectivity index (χ0n) is 10.2. The predicted octanol–water partition coefficient (Wildman–Crippen LogP) is 0.508. The van der Waals surface area contributed by atoms with Gasteiger partial charge in [0, 0.05) is 6.61 Å². The molecule has 84 valence electrons. The first-order valence-electron chi connectivity index (χ1n) is 5.24. The van der Waals surface area contributed by atoms with Gasteiger partial charge in [-0.25, -0.2) is 0 Å². The molecule has 0 saturated carbocycles.